The van der Waals surface area contributed by atoms with Crippen LogP contribution < -0.4 is 20.3 Å². The zero-order valence-electron chi connectivity index (χ0n) is 17.9. The second-order valence-corrected chi connectivity index (χ2v) is 10.9. The lowest BCUT2D eigenvalue weighted by atomic mass is 9.97. The van der Waals surface area contributed by atoms with Crippen LogP contribution in [-0.4, -0.2) is 38.3 Å². The summed E-state index contributed by atoms with van der Waals surface area (Å²) in [6.07, 6.45) is 1.20. The number of benzene rings is 1. The van der Waals surface area contributed by atoms with Crippen molar-refractivity contribution in [1.82, 2.24) is 9.71 Å². The summed E-state index contributed by atoms with van der Waals surface area (Å²) < 4.78 is 26.5. The Labute approximate surface area is 204 Å². The molecule has 1 aromatic carbocycles. The predicted octanol–water partition coefficient (Wildman–Crippen LogP) is 3.39. The van der Waals surface area contributed by atoms with E-state index in [2.05, 4.69) is 15.6 Å². The normalized spacial score (nSPS) is 13.4. The third kappa shape index (κ3) is 4.60. The van der Waals surface area contributed by atoms with Crippen molar-refractivity contribution in [3.8, 4) is 0 Å². The fraction of sp³-hybridized carbons (Fsp3) is 0.143. The molecule has 3 N–H and O–H groups in total. The van der Waals surface area contributed by atoms with E-state index < -0.39 is 27.9 Å². The molecule has 1 aliphatic rings. The van der Waals surface area contributed by atoms with E-state index in [4.69, 9.17) is 11.6 Å². The molecular weight excluding hydrogens is 502 g/mol. The number of thiophene rings is 1. The number of carbonyl (C=O) groups is 3. The van der Waals surface area contributed by atoms with E-state index in [9.17, 15) is 22.8 Å². The van der Waals surface area contributed by atoms with Crippen molar-refractivity contribution >= 4 is 68.0 Å². The van der Waals surface area contributed by atoms with Crippen LogP contribution in [0.15, 0.2) is 46.8 Å². The molecule has 2 aromatic heterocycles. The second kappa shape index (κ2) is 9.05. The molecule has 3 heterocycles. The molecule has 0 aliphatic carbocycles. The maximum Gasteiger partial charge on any atom is 0.333 e. The van der Waals surface area contributed by atoms with Gasteiger partial charge in [-0.3, -0.25) is 9.59 Å². The van der Waals surface area contributed by atoms with Crippen molar-refractivity contribution in [3.63, 3.8) is 0 Å². The summed E-state index contributed by atoms with van der Waals surface area (Å²) in [5.41, 5.74) is 1.62. The number of aromatic nitrogens is 1. The zero-order valence-corrected chi connectivity index (χ0v) is 20.3. The SMILES string of the molecule is CNc1cc2c(cc1Cl)C(=O)N(c1ccc(NC(=O)NS(=O)(=O)c3ccc(C)s3)cn1)C(=O)C2. The molecule has 0 unspecified atom stereocenters. The number of imide groups is 1. The molecule has 0 spiro atoms. The van der Waals surface area contributed by atoms with E-state index in [1.807, 2.05) is 4.72 Å². The van der Waals surface area contributed by atoms with Crippen LogP contribution in [0.4, 0.5) is 22.0 Å². The Hall–Kier alpha value is -3.48. The van der Waals surface area contributed by atoms with Gasteiger partial charge >= 0.3 is 6.03 Å². The molecule has 0 atom stereocenters. The molecule has 0 bridgehead atoms. The van der Waals surface area contributed by atoms with Crippen molar-refractivity contribution in [3.05, 3.63) is 63.6 Å². The van der Waals surface area contributed by atoms with E-state index in [0.29, 0.717) is 21.8 Å². The Morgan fingerprint density at radius 1 is 1.18 bits per heavy atom. The smallest absolute Gasteiger partial charge is 0.333 e. The highest BCUT2D eigenvalue weighted by atomic mass is 35.5. The van der Waals surface area contributed by atoms with Gasteiger partial charge in [-0.2, -0.15) is 0 Å². The second-order valence-electron chi connectivity index (χ2n) is 7.28. The molecular formula is C21H18ClN5O5S2. The number of rotatable bonds is 5. The topological polar surface area (TPSA) is 138 Å². The lowest BCUT2D eigenvalue weighted by molar-refractivity contribution is -0.117. The van der Waals surface area contributed by atoms with Gasteiger partial charge in [-0.25, -0.2) is 27.8 Å². The summed E-state index contributed by atoms with van der Waals surface area (Å²) in [6, 6.07) is 8.00. The van der Waals surface area contributed by atoms with Gasteiger partial charge in [-0.15, -0.1) is 11.3 Å². The van der Waals surface area contributed by atoms with Crippen LogP contribution in [0.25, 0.3) is 0 Å². The Bertz CT molecular complexity index is 1420. The average Bonchev–Trinajstić information content (AvgIpc) is 3.22. The Morgan fingerprint density at radius 3 is 2.56 bits per heavy atom. The van der Waals surface area contributed by atoms with Crippen molar-refractivity contribution in [1.29, 1.82) is 0 Å². The Kier molecular flexibility index (Phi) is 6.30. The number of urea groups is 1. The molecule has 0 saturated carbocycles. The lowest BCUT2D eigenvalue weighted by Crippen LogP contribution is -2.43. The van der Waals surface area contributed by atoms with Crippen molar-refractivity contribution in [2.24, 2.45) is 0 Å². The number of fused-ring (bicyclic) bond motifs is 1. The minimum Gasteiger partial charge on any atom is -0.387 e. The minimum absolute atomic E-state index is 0.0120. The number of pyridine rings is 1. The van der Waals surface area contributed by atoms with Gasteiger partial charge in [-0.05, 0) is 48.9 Å². The Morgan fingerprint density at radius 2 is 1.94 bits per heavy atom. The number of anilines is 3. The van der Waals surface area contributed by atoms with Crippen LogP contribution in [0.5, 0.6) is 0 Å². The maximum atomic E-state index is 13.0. The number of carbonyl (C=O) groups excluding carboxylic acids is 3. The van der Waals surface area contributed by atoms with Crippen molar-refractivity contribution in [2.75, 3.05) is 22.6 Å². The summed E-state index contributed by atoms with van der Waals surface area (Å²) in [6.45, 7) is 1.75. The summed E-state index contributed by atoms with van der Waals surface area (Å²) in [4.78, 5) is 43.6. The number of halogens is 1. The first-order valence-electron chi connectivity index (χ1n) is 9.83. The van der Waals surface area contributed by atoms with Gasteiger partial charge in [0.1, 0.15) is 10.0 Å². The highest BCUT2D eigenvalue weighted by molar-refractivity contribution is 7.92. The molecule has 176 valence electrons. The first kappa shape index (κ1) is 23.7. The van der Waals surface area contributed by atoms with E-state index >= 15 is 0 Å². The summed E-state index contributed by atoms with van der Waals surface area (Å²) in [7, 11) is -2.33. The first-order chi connectivity index (χ1) is 16.1. The number of hydrogen-bond acceptors (Lipinski definition) is 8. The van der Waals surface area contributed by atoms with Gasteiger partial charge in [0.25, 0.3) is 15.9 Å². The van der Waals surface area contributed by atoms with Crippen LogP contribution in [0, 0.1) is 6.92 Å². The molecule has 0 radical (unpaired) electrons. The lowest BCUT2D eigenvalue weighted by Gasteiger charge is -2.26. The maximum absolute atomic E-state index is 13.0. The van der Waals surface area contributed by atoms with Crippen LogP contribution >= 0.6 is 22.9 Å². The fourth-order valence-electron chi connectivity index (χ4n) is 3.34. The molecule has 13 heteroatoms. The molecule has 34 heavy (non-hydrogen) atoms. The quantitative estimate of drug-likeness (QED) is 0.439. The van der Waals surface area contributed by atoms with E-state index in [0.717, 1.165) is 21.1 Å². The Balaban J connectivity index is 1.49. The highest BCUT2D eigenvalue weighted by Gasteiger charge is 2.33. The molecule has 1 aliphatic heterocycles. The number of amides is 4. The third-order valence-electron chi connectivity index (χ3n) is 4.93. The fourth-order valence-corrected chi connectivity index (χ4v) is 5.79. The van der Waals surface area contributed by atoms with E-state index in [1.165, 1.54) is 30.5 Å². The molecule has 10 nitrogen and oxygen atoms in total. The number of nitrogens with zero attached hydrogens (tertiary/aromatic N) is 2. The van der Waals surface area contributed by atoms with E-state index in [-0.39, 0.29) is 22.1 Å². The van der Waals surface area contributed by atoms with Gasteiger partial charge in [0.2, 0.25) is 5.91 Å². The van der Waals surface area contributed by atoms with Gasteiger partial charge in [0.05, 0.1) is 29.0 Å². The van der Waals surface area contributed by atoms with Crippen LogP contribution in [0.1, 0.15) is 20.8 Å². The van der Waals surface area contributed by atoms with Gasteiger partial charge in [0.15, 0.2) is 0 Å². The molecule has 4 amide bonds. The predicted molar refractivity (Wildman–Crippen MR) is 129 cm³/mol. The van der Waals surface area contributed by atoms with Crippen LogP contribution in [0.2, 0.25) is 5.02 Å². The van der Waals surface area contributed by atoms with Crippen molar-refractivity contribution in [2.45, 2.75) is 17.6 Å². The summed E-state index contributed by atoms with van der Waals surface area (Å²) in [5.74, 6) is -0.980. The largest absolute Gasteiger partial charge is 0.387 e. The molecule has 0 saturated heterocycles. The highest BCUT2D eigenvalue weighted by Crippen LogP contribution is 2.31. The van der Waals surface area contributed by atoms with Gasteiger partial charge in [0, 0.05) is 17.5 Å². The molecule has 3 aromatic rings. The number of hydrogen-bond donors (Lipinski definition) is 3. The molecule has 4 rings (SSSR count). The van der Waals surface area contributed by atoms with Crippen molar-refractivity contribution < 1.29 is 22.8 Å². The zero-order chi connectivity index (χ0) is 24.6. The average molecular weight is 520 g/mol. The standard InChI is InChI=1S/C21H18ClN5O5S2/c1-11-3-6-19(33-11)34(31,32)26-21(30)25-13-4-5-17(24-10-13)27-18(28)8-12-7-16(23-2)15(22)9-14(12)20(27)29/h3-7,9-10,23H,8H2,1-2H3,(H2,25,26,30). The summed E-state index contributed by atoms with van der Waals surface area (Å²) in [5, 5.41) is 5.61. The monoisotopic (exact) mass is 519 g/mol. The number of sulfonamides is 1. The number of nitrogens with one attached hydrogen (secondary N) is 3. The van der Waals surface area contributed by atoms with Crippen LogP contribution in [-0.2, 0) is 21.2 Å². The molecule has 0 fully saturated rings. The van der Waals surface area contributed by atoms with Crippen LogP contribution in [0.3, 0.4) is 0 Å². The number of aryl methyl sites for hydroxylation is 1. The van der Waals surface area contributed by atoms with Gasteiger partial charge < -0.3 is 10.6 Å². The van der Waals surface area contributed by atoms with E-state index in [1.54, 1.807) is 26.1 Å². The third-order valence-corrected chi connectivity index (χ3v) is 8.07. The van der Waals surface area contributed by atoms with Gasteiger partial charge in [-0.1, -0.05) is 11.6 Å². The first-order valence-corrected chi connectivity index (χ1v) is 12.5. The summed E-state index contributed by atoms with van der Waals surface area (Å²) >= 11 is 7.23. The minimum atomic E-state index is -4.01.